The summed E-state index contributed by atoms with van der Waals surface area (Å²) in [5.41, 5.74) is 0.452. The predicted octanol–water partition coefficient (Wildman–Crippen LogP) is 2.64. The number of amides is 1. The van der Waals surface area contributed by atoms with E-state index in [2.05, 4.69) is 4.72 Å². The molecule has 0 spiro atoms. The normalized spacial score (nSPS) is 23.5. The summed E-state index contributed by atoms with van der Waals surface area (Å²) in [5, 5.41) is 1.15. The zero-order valence-electron chi connectivity index (χ0n) is 12.4. The van der Waals surface area contributed by atoms with E-state index in [-0.39, 0.29) is 6.61 Å². The summed E-state index contributed by atoms with van der Waals surface area (Å²) in [7, 11) is -3.64. The molecule has 1 N–H and O–H groups in total. The first-order valence-electron chi connectivity index (χ1n) is 7.78. The fraction of sp³-hybridized carbons (Fsp3) is 0.667. The topological polar surface area (TPSA) is 72.5 Å². The Labute approximate surface area is 135 Å². The number of nitrogens with one attached hydrogen (secondary N) is 1. The van der Waals surface area contributed by atoms with Crippen LogP contribution in [-0.2, 0) is 14.8 Å². The van der Waals surface area contributed by atoms with Gasteiger partial charge in [-0.2, -0.15) is 0 Å². The summed E-state index contributed by atoms with van der Waals surface area (Å²) < 4.78 is 31.5. The Morgan fingerprint density at radius 3 is 2.68 bits per heavy atom. The maximum absolute atomic E-state index is 12.2. The molecule has 3 rings (SSSR count). The smallest absolute Gasteiger partial charge is 0.265 e. The third-order valence-electron chi connectivity index (χ3n) is 4.45. The van der Waals surface area contributed by atoms with E-state index in [0.29, 0.717) is 24.5 Å². The molecule has 5 nitrogen and oxygen atoms in total. The van der Waals surface area contributed by atoms with E-state index in [4.69, 9.17) is 4.74 Å². The van der Waals surface area contributed by atoms with Gasteiger partial charge in [-0.25, -0.2) is 13.1 Å². The van der Waals surface area contributed by atoms with E-state index in [1.165, 1.54) is 37.0 Å². The third kappa shape index (κ3) is 3.52. The molecule has 1 amide bonds. The van der Waals surface area contributed by atoms with Gasteiger partial charge in [-0.3, -0.25) is 4.79 Å². The molecule has 122 valence electrons. The number of carbonyl (C=O) groups excluding carboxylic acids is 1. The molecule has 1 aliphatic heterocycles. The van der Waals surface area contributed by atoms with Crippen LogP contribution in [-0.4, -0.2) is 32.8 Å². The second kappa shape index (κ2) is 6.68. The van der Waals surface area contributed by atoms with Crippen LogP contribution in [0.4, 0.5) is 0 Å². The first-order valence-corrected chi connectivity index (χ1v) is 10.2. The molecule has 0 radical (unpaired) electrons. The molecule has 1 aromatic heterocycles. The maximum atomic E-state index is 12.2. The molecular formula is C15H21NO4S2. The monoisotopic (exact) mass is 343 g/mol. The van der Waals surface area contributed by atoms with E-state index in [1.54, 1.807) is 16.7 Å². The summed E-state index contributed by atoms with van der Waals surface area (Å²) >= 11 is 1.56. The van der Waals surface area contributed by atoms with Crippen molar-refractivity contribution in [2.24, 2.45) is 0 Å². The molecule has 2 aliphatic rings. The van der Waals surface area contributed by atoms with Crippen molar-refractivity contribution in [2.75, 3.05) is 13.2 Å². The van der Waals surface area contributed by atoms with E-state index < -0.39 is 21.2 Å². The minimum Gasteiger partial charge on any atom is -0.380 e. The highest BCUT2D eigenvalue weighted by atomic mass is 32.2. The molecular weight excluding hydrogens is 322 g/mol. The molecule has 1 saturated carbocycles. The zero-order chi connectivity index (χ0) is 15.6. The molecule has 0 bridgehead atoms. The number of carbonyl (C=O) groups is 1. The Morgan fingerprint density at radius 1 is 1.23 bits per heavy atom. The van der Waals surface area contributed by atoms with Gasteiger partial charge >= 0.3 is 0 Å². The summed E-state index contributed by atoms with van der Waals surface area (Å²) in [4.78, 5) is 13.4. The second-order valence-electron chi connectivity index (χ2n) is 6.03. The number of sulfonamides is 1. The van der Waals surface area contributed by atoms with Gasteiger partial charge in [0.05, 0.1) is 12.2 Å². The summed E-state index contributed by atoms with van der Waals surface area (Å²) in [6, 6.07) is 1.86. The Bertz CT molecular complexity index is 626. The number of ether oxygens (including phenoxy) is 1. The zero-order valence-corrected chi connectivity index (χ0v) is 14.0. The maximum Gasteiger partial charge on any atom is 0.265 e. The van der Waals surface area contributed by atoms with E-state index in [1.807, 2.05) is 6.07 Å². The molecule has 1 unspecified atom stereocenters. The van der Waals surface area contributed by atoms with Crippen molar-refractivity contribution < 1.29 is 17.9 Å². The van der Waals surface area contributed by atoms with Gasteiger partial charge in [0.2, 0.25) is 10.0 Å². The SMILES string of the molecule is O=C(NS(=O)(=O)C1CCOC1)c1csc(C2CCCCC2)c1. The van der Waals surface area contributed by atoms with E-state index in [9.17, 15) is 13.2 Å². The molecule has 0 aromatic carbocycles. The van der Waals surface area contributed by atoms with Crippen molar-refractivity contribution >= 4 is 27.3 Å². The van der Waals surface area contributed by atoms with Crippen molar-refractivity contribution in [3.63, 3.8) is 0 Å². The predicted molar refractivity (Wildman–Crippen MR) is 85.8 cm³/mol. The van der Waals surface area contributed by atoms with Crippen LogP contribution < -0.4 is 4.72 Å². The van der Waals surface area contributed by atoms with Gasteiger partial charge in [0.25, 0.3) is 5.91 Å². The quantitative estimate of drug-likeness (QED) is 0.912. The number of hydrogen-bond acceptors (Lipinski definition) is 5. The highest BCUT2D eigenvalue weighted by Gasteiger charge is 2.31. The number of hydrogen-bond donors (Lipinski definition) is 1. The number of thiophene rings is 1. The minimum atomic E-state index is -3.64. The van der Waals surface area contributed by atoms with Crippen molar-refractivity contribution in [3.8, 4) is 0 Å². The van der Waals surface area contributed by atoms with Crippen LogP contribution in [0.25, 0.3) is 0 Å². The average molecular weight is 343 g/mol. The fourth-order valence-corrected chi connectivity index (χ4v) is 5.39. The Kier molecular flexibility index (Phi) is 4.84. The van der Waals surface area contributed by atoms with Crippen LogP contribution in [0.15, 0.2) is 11.4 Å². The van der Waals surface area contributed by atoms with Crippen LogP contribution in [0, 0.1) is 0 Å². The van der Waals surface area contributed by atoms with Gasteiger partial charge < -0.3 is 4.74 Å². The standard InChI is InChI=1S/C15H21NO4S2/c17-15(16-22(18,19)13-6-7-20-9-13)12-8-14(21-10-12)11-4-2-1-3-5-11/h8,10-11,13H,1-7,9H2,(H,16,17). The lowest BCUT2D eigenvalue weighted by atomic mass is 9.88. The minimum absolute atomic E-state index is 0.166. The van der Waals surface area contributed by atoms with Crippen molar-refractivity contribution in [1.29, 1.82) is 0 Å². The first-order chi connectivity index (χ1) is 10.6. The molecule has 1 saturated heterocycles. The van der Waals surface area contributed by atoms with Crippen LogP contribution in [0.2, 0.25) is 0 Å². The Morgan fingerprint density at radius 2 is 2.00 bits per heavy atom. The highest BCUT2D eigenvalue weighted by molar-refractivity contribution is 7.90. The molecule has 2 heterocycles. The van der Waals surface area contributed by atoms with Crippen LogP contribution in [0.1, 0.15) is 59.7 Å². The molecule has 1 aromatic rings. The fourth-order valence-electron chi connectivity index (χ4n) is 3.10. The molecule has 22 heavy (non-hydrogen) atoms. The van der Waals surface area contributed by atoms with Gasteiger partial charge in [-0.05, 0) is 31.2 Å². The second-order valence-corrected chi connectivity index (χ2v) is 8.94. The van der Waals surface area contributed by atoms with E-state index in [0.717, 1.165) is 0 Å². The molecule has 1 aliphatic carbocycles. The van der Waals surface area contributed by atoms with Crippen LogP contribution in [0.3, 0.4) is 0 Å². The van der Waals surface area contributed by atoms with Crippen LogP contribution >= 0.6 is 11.3 Å². The van der Waals surface area contributed by atoms with Gasteiger partial charge in [-0.1, -0.05) is 19.3 Å². The number of rotatable bonds is 4. The summed E-state index contributed by atoms with van der Waals surface area (Å²) in [6.45, 7) is 0.601. The lowest BCUT2D eigenvalue weighted by Crippen LogP contribution is -2.38. The third-order valence-corrected chi connectivity index (χ3v) is 7.27. The van der Waals surface area contributed by atoms with Crippen molar-refractivity contribution in [3.05, 3.63) is 21.9 Å². The molecule has 1 atom stereocenters. The molecule has 2 fully saturated rings. The van der Waals surface area contributed by atoms with Crippen molar-refractivity contribution in [2.45, 2.75) is 49.7 Å². The van der Waals surface area contributed by atoms with Gasteiger partial charge in [-0.15, -0.1) is 11.3 Å². The molecule has 7 heteroatoms. The van der Waals surface area contributed by atoms with Gasteiger partial charge in [0.15, 0.2) is 0 Å². The van der Waals surface area contributed by atoms with Gasteiger partial charge in [0.1, 0.15) is 5.25 Å². The summed E-state index contributed by atoms with van der Waals surface area (Å²) in [6.07, 6.45) is 6.54. The Hall–Kier alpha value is -0.920. The van der Waals surface area contributed by atoms with Gasteiger partial charge in [0, 0.05) is 16.9 Å². The largest absolute Gasteiger partial charge is 0.380 e. The Balaban J connectivity index is 1.66. The first kappa shape index (κ1) is 16.0. The lowest BCUT2D eigenvalue weighted by Gasteiger charge is -2.19. The summed E-state index contributed by atoms with van der Waals surface area (Å²) in [5.74, 6) is 0.00495. The van der Waals surface area contributed by atoms with Crippen LogP contribution in [0.5, 0.6) is 0 Å². The van der Waals surface area contributed by atoms with E-state index >= 15 is 0 Å². The highest BCUT2D eigenvalue weighted by Crippen LogP contribution is 2.35. The van der Waals surface area contributed by atoms with Crippen molar-refractivity contribution in [1.82, 2.24) is 4.72 Å². The average Bonchev–Trinajstić information content (AvgIpc) is 3.20. The lowest BCUT2D eigenvalue weighted by molar-refractivity contribution is 0.0981.